The molecule has 3 rings (SSSR count). The summed E-state index contributed by atoms with van der Waals surface area (Å²) in [6.07, 6.45) is 1.50. The summed E-state index contributed by atoms with van der Waals surface area (Å²) in [6, 6.07) is 7.19. The predicted molar refractivity (Wildman–Crippen MR) is 121 cm³/mol. The molecule has 0 aliphatic rings. The quantitative estimate of drug-likeness (QED) is 0.575. The van der Waals surface area contributed by atoms with E-state index in [9.17, 15) is 9.90 Å². The number of pyridine rings is 1. The summed E-state index contributed by atoms with van der Waals surface area (Å²) in [6.45, 7) is 14.4. The summed E-state index contributed by atoms with van der Waals surface area (Å²) >= 11 is 0. The number of benzene rings is 1. The lowest BCUT2D eigenvalue weighted by Crippen LogP contribution is -2.28. The maximum Gasteiger partial charge on any atom is 0.320 e. The van der Waals surface area contributed by atoms with Crippen LogP contribution in [0.25, 0.3) is 28.0 Å². The third-order valence-electron chi connectivity index (χ3n) is 4.66. The van der Waals surface area contributed by atoms with Gasteiger partial charge in [-0.2, -0.15) is 0 Å². The number of nitrogens with one attached hydrogen (secondary N) is 2. The molecule has 3 N–H and O–H groups in total. The van der Waals surface area contributed by atoms with E-state index in [4.69, 9.17) is 0 Å². The fraction of sp³-hybridized carbons (Fsp3) is 0.304. The van der Waals surface area contributed by atoms with Gasteiger partial charge in [-0.15, -0.1) is 0 Å². The zero-order valence-corrected chi connectivity index (χ0v) is 18.0. The Balaban J connectivity index is 2.10. The monoisotopic (exact) mass is 405 g/mol. The van der Waals surface area contributed by atoms with Crippen molar-refractivity contribution in [3.05, 3.63) is 48.2 Å². The molecule has 7 nitrogen and oxygen atoms in total. The smallest absolute Gasteiger partial charge is 0.320 e. The summed E-state index contributed by atoms with van der Waals surface area (Å²) in [5.41, 5.74) is 4.61. The van der Waals surface area contributed by atoms with Crippen molar-refractivity contribution >= 4 is 28.6 Å². The number of phenolic OH excluding ortho intramolecular Hbond substituents is 1. The number of fused-ring (bicyclic) bond motifs is 1. The van der Waals surface area contributed by atoms with E-state index < -0.39 is 0 Å². The van der Waals surface area contributed by atoms with Gasteiger partial charge in [0.1, 0.15) is 11.3 Å². The van der Waals surface area contributed by atoms with Crippen LogP contribution in [0.1, 0.15) is 45.7 Å². The summed E-state index contributed by atoms with van der Waals surface area (Å²) < 4.78 is 0. The molecular weight excluding hydrogens is 378 g/mol. The van der Waals surface area contributed by atoms with Gasteiger partial charge in [0, 0.05) is 23.2 Å². The van der Waals surface area contributed by atoms with E-state index in [1.54, 1.807) is 0 Å². The molecule has 0 saturated heterocycles. The average Bonchev–Trinajstić information content (AvgIpc) is 2.66. The van der Waals surface area contributed by atoms with Gasteiger partial charge in [0.15, 0.2) is 11.5 Å². The number of allylic oxidation sites excluding steroid dienone is 1. The Hall–Kier alpha value is -3.48. The number of carbonyl (C=O) groups is 1. The minimum absolute atomic E-state index is 0.243. The van der Waals surface area contributed by atoms with E-state index in [0.29, 0.717) is 34.8 Å². The summed E-state index contributed by atoms with van der Waals surface area (Å²) in [5.74, 6) is 0.564. The second-order valence-electron chi connectivity index (χ2n) is 8.23. The van der Waals surface area contributed by atoms with Gasteiger partial charge in [0.05, 0.1) is 11.9 Å². The van der Waals surface area contributed by atoms with Gasteiger partial charge in [-0.3, -0.25) is 5.32 Å². The predicted octanol–water partition coefficient (Wildman–Crippen LogP) is 4.87. The topological polar surface area (TPSA) is 100 Å². The number of aromatic nitrogens is 3. The summed E-state index contributed by atoms with van der Waals surface area (Å²) in [7, 11) is 0. The number of anilines is 1. The third-order valence-corrected chi connectivity index (χ3v) is 4.66. The van der Waals surface area contributed by atoms with Gasteiger partial charge in [0.25, 0.3) is 0 Å². The van der Waals surface area contributed by atoms with Crippen LogP contribution in [-0.4, -0.2) is 32.6 Å². The number of carbonyl (C=O) groups excluding carboxylic acids is 1. The van der Waals surface area contributed by atoms with Gasteiger partial charge >= 0.3 is 6.03 Å². The van der Waals surface area contributed by atoms with Crippen LogP contribution in [0.4, 0.5) is 10.6 Å². The number of hydrogen-bond acceptors (Lipinski definition) is 5. The van der Waals surface area contributed by atoms with E-state index in [-0.39, 0.29) is 17.2 Å². The van der Waals surface area contributed by atoms with Gasteiger partial charge in [0.2, 0.25) is 0 Å². The van der Waals surface area contributed by atoms with E-state index in [1.807, 2.05) is 58.9 Å². The molecule has 2 aromatic heterocycles. The molecule has 0 aliphatic carbocycles. The SMILES string of the molecule is C=C(C)c1cc(-c2ccc3ncc(NC(=O)NCC)nc3n2)cc(C(C)(C)C)c1O. The molecule has 0 radical (unpaired) electrons. The zero-order chi connectivity index (χ0) is 22.1. The largest absolute Gasteiger partial charge is 0.507 e. The zero-order valence-electron chi connectivity index (χ0n) is 18.0. The highest BCUT2D eigenvalue weighted by atomic mass is 16.3. The Morgan fingerprint density at radius 3 is 2.57 bits per heavy atom. The van der Waals surface area contributed by atoms with Crippen LogP contribution < -0.4 is 10.6 Å². The number of rotatable bonds is 4. The molecule has 7 heteroatoms. The van der Waals surface area contributed by atoms with E-state index >= 15 is 0 Å². The van der Waals surface area contributed by atoms with Crippen LogP contribution in [0.5, 0.6) is 5.75 Å². The molecule has 156 valence electrons. The van der Waals surface area contributed by atoms with Gasteiger partial charge < -0.3 is 10.4 Å². The average molecular weight is 406 g/mol. The molecule has 0 spiro atoms. The number of amides is 2. The van der Waals surface area contributed by atoms with E-state index in [1.165, 1.54) is 6.20 Å². The standard InChI is InChI=1S/C23H27N5O2/c1-7-24-22(30)28-19-12-25-18-9-8-17(26-21(18)27-19)14-10-15(13(2)3)20(29)16(11-14)23(4,5)6/h8-12,29H,2,7H2,1,3-6H3,(H2,24,26,27,28,30). The Bertz CT molecular complexity index is 1130. The van der Waals surface area contributed by atoms with Crippen molar-refractivity contribution in [3.8, 4) is 17.0 Å². The van der Waals surface area contributed by atoms with Gasteiger partial charge in [-0.25, -0.2) is 19.7 Å². The number of phenols is 1. The second kappa shape index (κ2) is 8.10. The molecule has 3 aromatic rings. The molecule has 0 unspecified atom stereocenters. The first-order valence-electron chi connectivity index (χ1n) is 9.82. The molecule has 2 heterocycles. The lowest BCUT2D eigenvalue weighted by molar-refractivity contribution is 0.252. The van der Waals surface area contributed by atoms with Crippen molar-refractivity contribution in [1.82, 2.24) is 20.3 Å². The minimum atomic E-state index is -0.346. The highest BCUT2D eigenvalue weighted by Gasteiger charge is 2.22. The van der Waals surface area contributed by atoms with Crippen LogP contribution in [0.2, 0.25) is 0 Å². The van der Waals surface area contributed by atoms with Gasteiger partial charge in [-0.05, 0) is 49.1 Å². The number of hydrogen-bond donors (Lipinski definition) is 3. The van der Waals surface area contributed by atoms with Crippen LogP contribution in [0.15, 0.2) is 37.0 Å². The Morgan fingerprint density at radius 1 is 1.20 bits per heavy atom. The molecular formula is C23H27N5O2. The van der Waals surface area contributed by atoms with Crippen LogP contribution in [0, 0.1) is 0 Å². The van der Waals surface area contributed by atoms with Gasteiger partial charge in [-0.1, -0.05) is 27.4 Å². The van der Waals surface area contributed by atoms with Crippen molar-refractivity contribution in [2.24, 2.45) is 0 Å². The van der Waals surface area contributed by atoms with Crippen molar-refractivity contribution in [3.63, 3.8) is 0 Å². The van der Waals surface area contributed by atoms with Crippen LogP contribution in [-0.2, 0) is 5.41 Å². The van der Waals surface area contributed by atoms with E-state index in [2.05, 4.69) is 32.2 Å². The van der Waals surface area contributed by atoms with Crippen molar-refractivity contribution in [2.45, 2.75) is 40.0 Å². The van der Waals surface area contributed by atoms with Crippen molar-refractivity contribution in [2.75, 3.05) is 11.9 Å². The molecule has 0 saturated carbocycles. The van der Waals surface area contributed by atoms with Crippen LogP contribution >= 0.6 is 0 Å². The Morgan fingerprint density at radius 2 is 1.93 bits per heavy atom. The fourth-order valence-electron chi connectivity index (χ4n) is 3.12. The molecule has 0 fully saturated rings. The number of aromatic hydroxyl groups is 1. The highest BCUT2D eigenvalue weighted by molar-refractivity contribution is 5.89. The fourth-order valence-corrected chi connectivity index (χ4v) is 3.12. The second-order valence-corrected chi connectivity index (χ2v) is 8.23. The number of nitrogens with zero attached hydrogens (tertiary/aromatic N) is 3. The summed E-state index contributed by atoms with van der Waals surface area (Å²) in [5, 5.41) is 16.1. The summed E-state index contributed by atoms with van der Waals surface area (Å²) in [4.78, 5) is 25.2. The molecule has 2 amide bonds. The molecule has 0 bridgehead atoms. The van der Waals surface area contributed by atoms with Crippen molar-refractivity contribution in [1.29, 1.82) is 0 Å². The van der Waals surface area contributed by atoms with Crippen molar-refractivity contribution < 1.29 is 9.90 Å². The Labute approximate surface area is 176 Å². The lowest BCUT2D eigenvalue weighted by atomic mass is 9.83. The minimum Gasteiger partial charge on any atom is -0.507 e. The first-order valence-corrected chi connectivity index (χ1v) is 9.82. The third kappa shape index (κ3) is 4.40. The maximum atomic E-state index is 11.8. The number of urea groups is 1. The molecule has 0 aliphatic heterocycles. The maximum absolute atomic E-state index is 11.8. The molecule has 0 atom stereocenters. The normalized spacial score (nSPS) is 11.4. The van der Waals surface area contributed by atoms with E-state index in [0.717, 1.165) is 16.7 Å². The molecule has 30 heavy (non-hydrogen) atoms. The first kappa shape index (κ1) is 21.2. The first-order chi connectivity index (χ1) is 14.1. The Kier molecular flexibility index (Phi) is 5.73. The lowest BCUT2D eigenvalue weighted by Gasteiger charge is -2.23. The van der Waals surface area contributed by atoms with Crippen LogP contribution in [0.3, 0.4) is 0 Å². The highest BCUT2D eigenvalue weighted by Crippen LogP contribution is 2.39. The molecule has 1 aromatic carbocycles.